The van der Waals surface area contributed by atoms with Gasteiger partial charge in [-0.15, -0.1) is 0 Å². The van der Waals surface area contributed by atoms with E-state index >= 15 is 0 Å². The van der Waals surface area contributed by atoms with Gasteiger partial charge in [0.2, 0.25) is 0 Å². The van der Waals surface area contributed by atoms with Crippen molar-refractivity contribution in [2.24, 2.45) is 5.92 Å². The van der Waals surface area contributed by atoms with E-state index in [0.717, 1.165) is 40.8 Å². The number of halogens is 3. The van der Waals surface area contributed by atoms with Gasteiger partial charge in [0.1, 0.15) is 11.3 Å². The highest BCUT2D eigenvalue weighted by atomic mass is 35.5. The maximum atomic E-state index is 13.7. The van der Waals surface area contributed by atoms with Crippen LogP contribution in [0.15, 0.2) is 36.4 Å². The maximum absolute atomic E-state index is 13.7. The largest absolute Gasteiger partial charge is 0.341 e. The lowest BCUT2D eigenvalue weighted by Crippen LogP contribution is -2.42. The Hall–Kier alpha value is -2.09. The Morgan fingerprint density at radius 2 is 2.03 bits per heavy atom. The van der Waals surface area contributed by atoms with Crippen LogP contribution in [-0.4, -0.2) is 31.9 Å². The number of fused-ring (bicyclic) bond motifs is 1. The minimum absolute atomic E-state index is 0.0494. The summed E-state index contributed by atoms with van der Waals surface area (Å²) in [5.74, 6) is -0.427. The van der Waals surface area contributed by atoms with Crippen molar-refractivity contribution in [3.8, 4) is 0 Å². The first kappa shape index (κ1) is 19.8. The molecule has 5 rings (SSSR count). The van der Waals surface area contributed by atoms with Crippen molar-refractivity contribution in [3.05, 3.63) is 70.6 Å². The van der Waals surface area contributed by atoms with E-state index in [1.54, 1.807) is 17.8 Å². The molecule has 1 aromatic heterocycles. The summed E-state index contributed by atoms with van der Waals surface area (Å²) in [6, 6.07) is 9.76. The molecule has 1 unspecified atom stereocenters. The van der Waals surface area contributed by atoms with Gasteiger partial charge in [-0.1, -0.05) is 42.4 Å². The molecule has 3 heterocycles. The van der Waals surface area contributed by atoms with Crippen molar-refractivity contribution in [2.75, 3.05) is 6.54 Å². The number of benzene rings is 2. The van der Waals surface area contributed by atoms with Crippen LogP contribution in [0.3, 0.4) is 0 Å². The van der Waals surface area contributed by atoms with E-state index in [9.17, 15) is 8.78 Å². The van der Waals surface area contributed by atoms with Gasteiger partial charge in [-0.25, -0.2) is 18.8 Å². The van der Waals surface area contributed by atoms with Gasteiger partial charge in [0.15, 0.2) is 11.6 Å². The molecule has 2 aromatic carbocycles. The molecule has 1 fully saturated rings. The lowest BCUT2D eigenvalue weighted by molar-refractivity contribution is -0.0128. The van der Waals surface area contributed by atoms with Crippen LogP contribution in [0, 0.1) is 23.8 Å². The maximum Gasteiger partial charge on any atom is 0.159 e. The predicted octanol–water partition coefficient (Wildman–Crippen LogP) is 5.99. The normalized spacial score (nSPS) is 24.8. The van der Waals surface area contributed by atoms with Gasteiger partial charge in [-0.05, 0) is 49.1 Å². The lowest BCUT2D eigenvalue weighted by atomic mass is 10.0. The quantitative estimate of drug-likeness (QED) is 0.537. The highest BCUT2D eigenvalue weighted by Gasteiger charge is 2.41. The van der Waals surface area contributed by atoms with E-state index < -0.39 is 11.6 Å². The molecule has 30 heavy (non-hydrogen) atoms. The fourth-order valence-electron chi connectivity index (χ4n) is 4.22. The number of H-pyrrole nitrogens is 1. The molecule has 1 radical (unpaired) electrons. The molecule has 0 amide bonds. The molecule has 3 aromatic rings. The monoisotopic (exact) mass is 445 g/mol. The van der Waals surface area contributed by atoms with Crippen LogP contribution in [0.4, 0.5) is 8.78 Å². The second kappa shape index (κ2) is 7.55. The van der Waals surface area contributed by atoms with Crippen molar-refractivity contribution in [2.45, 2.75) is 31.7 Å². The van der Waals surface area contributed by atoms with Crippen molar-refractivity contribution >= 4 is 39.3 Å². The minimum Gasteiger partial charge on any atom is -0.341 e. The highest BCUT2D eigenvalue weighted by molar-refractivity contribution is 8.09. The molecule has 8 heteroatoms. The van der Waals surface area contributed by atoms with Crippen LogP contribution in [0.2, 0.25) is 5.02 Å². The summed E-state index contributed by atoms with van der Waals surface area (Å²) in [7, 11) is 0. The zero-order chi connectivity index (χ0) is 21.0. The summed E-state index contributed by atoms with van der Waals surface area (Å²) in [4.78, 5) is 9.04. The second-order valence-corrected chi connectivity index (χ2v) is 9.50. The number of hydrogen-bond acceptors (Lipinski definition) is 4. The van der Waals surface area contributed by atoms with Gasteiger partial charge in [-0.2, -0.15) is 0 Å². The standard InChI is InChI=1S/C22H20ClF2N4S/c1-12-8-9-28(21(12)22-26-18-5-3-4-15(23)20(18)27-22)29-11-19(30-13(29)2)14-6-7-16(24)17(25)10-14/h3-7,10,12-13,21H,8-9H2,1-2H3,(H,26,27)/t12-,13?,21-/m0/s1. The topological polar surface area (TPSA) is 35.2 Å². The summed E-state index contributed by atoms with van der Waals surface area (Å²) in [6.07, 6.45) is 4.41. The Bertz CT molecular complexity index is 1150. The number of thioether (sulfide) groups is 1. The van der Waals surface area contributed by atoms with Crippen molar-refractivity contribution in [1.82, 2.24) is 20.0 Å². The number of nitrogens with one attached hydrogen (secondary N) is 1. The van der Waals surface area contributed by atoms with Gasteiger partial charge in [-0.3, -0.25) is 5.01 Å². The zero-order valence-corrected chi connectivity index (χ0v) is 18.1. The van der Waals surface area contributed by atoms with E-state index in [1.807, 2.05) is 18.2 Å². The minimum atomic E-state index is -0.847. The van der Waals surface area contributed by atoms with Crippen LogP contribution in [-0.2, 0) is 0 Å². The van der Waals surface area contributed by atoms with E-state index in [2.05, 4.69) is 35.0 Å². The zero-order valence-electron chi connectivity index (χ0n) is 16.5. The van der Waals surface area contributed by atoms with E-state index in [4.69, 9.17) is 16.6 Å². The molecular formula is C22H20ClF2N4S. The van der Waals surface area contributed by atoms with Gasteiger partial charge >= 0.3 is 0 Å². The number of imidazole rings is 1. The molecular weight excluding hydrogens is 426 g/mol. The smallest absolute Gasteiger partial charge is 0.159 e. The number of aromatic amines is 1. The van der Waals surface area contributed by atoms with Crippen LogP contribution >= 0.6 is 23.4 Å². The average molecular weight is 446 g/mol. The molecule has 155 valence electrons. The van der Waals surface area contributed by atoms with Gasteiger partial charge < -0.3 is 4.98 Å². The summed E-state index contributed by atoms with van der Waals surface area (Å²) < 4.78 is 27.1. The fourth-order valence-corrected chi connectivity index (χ4v) is 5.46. The third kappa shape index (κ3) is 3.29. The number of aromatic nitrogens is 2. The first-order chi connectivity index (χ1) is 14.4. The predicted molar refractivity (Wildman–Crippen MR) is 116 cm³/mol. The SMILES string of the molecule is CC1SC(c2ccc(F)c(F)c2)=[C]N1N1CC[C@H](C)[C@H]1c1nc2c(Cl)cccc2[nH]1. The van der Waals surface area contributed by atoms with Crippen LogP contribution in [0.1, 0.15) is 37.7 Å². The summed E-state index contributed by atoms with van der Waals surface area (Å²) in [5.41, 5.74) is 2.33. The van der Waals surface area contributed by atoms with Gasteiger partial charge in [0.05, 0.1) is 28.2 Å². The molecule has 2 aliphatic heterocycles. The highest BCUT2D eigenvalue weighted by Crippen LogP contribution is 2.45. The molecule has 0 aliphatic carbocycles. The first-order valence-corrected chi connectivity index (χ1v) is 11.1. The van der Waals surface area contributed by atoms with Crippen LogP contribution < -0.4 is 0 Å². The van der Waals surface area contributed by atoms with Crippen molar-refractivity contribution in [1.29, 1.82) is 0 Å². The van der Waals surface area contributed by atoms with Crippen molar-refractivity contribution in [3.63, 3.8) is 0 Å². The number of nitrogens with zero attached hydrogens (tertiary/aromatic N) is 3. The Balaban J connectivity index is 1.49. The Labute approximate surface area is 182 Å². The van der Waals surface area contributed by atoms with E-state index in [0.29, 0.717) is 16.5 Å². The van der Waals surface area contributed by atoms with E-state index in [-0.39, 0.29) is 11.4 Å². The first-order valence-electron chi connectivity index (χ1n) is 9.88. The summed E-state index contributed by atoms with van der Waals surface area (Å²) in [6.45, 7) is 5.16. The second-order valence-electron chi connectivity index (χ2n) is 7.76. The molecule has 0 bridgehead atoms. The molecule has 3 atom stereocenters. The molecule has 1 saturated heterocycles. The van der Waals surface area contributed by atoms with E-state index in [1.165, 1.54) is 6.07 Å². The molecule has 0 spiro atoms. The number of hydrogen-bond donors (Lipinski definition) is 1. The Morgan fingerprint density at radius 1 is 1.20 bits per heavy atom. The Morgan fingerprint density at radius 3 is 2.80 bits per heavy atom. The average Bonchev–Trinajstić information content (AvgIpc) is 3.40. The lowest BCUT2D eigenvalue weighted by Gasteiger charge is -2.35. The summed E-state index contributed by atoms with van der Waals surface area (Å²) >= 11 is 7.91. The van der Waals surface area contributed by atoms with Crippen molar-refractivity contribution < 1.29 is 8.78 Å². The molecule has 0 saturated carbocycles. The van der Waals surface area contributed by atoms with Crippen LogP contribution in [0.5, 0.6) is 0 Å². The molecule has 4 nitrogen and oxygen atoms in total. The third-order valence-corrected chi connectivity index (χ3v) is 7.15. The van der Waals surface area contributed by atoms with Gasteiger partial charge in [0.25, 0.3) is 0 Å². The summed E-state index contributed by atoms with van der Waals surface area (Å²) in [5, 5.41) is 5.05. The number of rotatable bonds is 3. The third-order valence-electron chi connectivity index (χ3n) is 5.74. The Kier molecular flexibility index (Phi) is 5.00. The molecule has 2 aliphatic rings. The van der Waals surface area contributed by atoms with Gasteiger partial charge in [0, 0.05) is 11.4 Å². The van der Waals surface area contributed by atoms with Crippen LogP contribution in [0.25, 0.3) is 15.9 Å². The molecule has 1 N–H and O–H groups in total. The fraction of sp³-hybridized carbons (Fsp3) is 0.318. The number of hydrazine groups is 1. The number of para-hydroxylation sites is 1.